The van der Waals surface area contributed by atoms with Gasteiger partial charge in [-0.15, -0.1) is 0 Å². The second-order valence-corrected chi connectivity index (χ2v) is 4.42. The third-order valence-electron chi connectivity index (χ3n) is 2.46. The summed E-state index contributed by atoms with van der Waals surface area (Å²) < 4.78 is 10.6. The third-order valence-corrected chi connectivity index (χ3v) is 3.07. The molecule has 5 heteroatoms. The van der Waals surface area contributed by atoms with Crippen molar-refractivity contribution in [3.05, 3.63) is 22.7 Å². The summed E-state index contributed by atoms with van der Waals surface area (Å²) in [7, 11) is 4.95. The van der Waals surface area contributed by atoms with Crippen LogP contribution >= 0.6 is 15.9 Å². The highest BCUT2D eigenvalue weighted by Gasteiger charge is 2.07. The van der Waals surface area contributed by atoms with Crippen LogP contribution in [-0.2, 0) is 9.53 Å². The number of halogens is 1. The summed E-state index contributed by atoms with van der Waals surface area (Å²) in [5.74, 6) is 0.583. The van der Waals surface area contributed by atoms with Gasteiger partial charge in [0.2, 0.25) is 0 Å². The van der Waals surface area contributed by atoms with Crippen LogP contribution < -0.4 is 9.64 Å². The van der Waals surface area contributed by atoms with Gasteiger partial charge in [0, 0.05) is 19.3 Å². The molecule has 0 radical (unpaired) electrons. The molecule has 17 heavy (non-hydrogen) atoms. The van der Waals surface area contributed by atoms with Crippen LogP contribution in [0.15, 0.2) is 22.7 Å². The zero-order chi connectivity index (χ0) is 12.8. The third kappa shape index (κ3) is 3.93. The Morgan fingerprint density at radius 3 is 2.65 bits per heavy atom. The first-order chi connectivity index (χ1) is 8.08. The first-order valence-corrected chi connectivity index (χ1v) is 5.99. The number of hydrogen-bond acceptors (Lipinski definition) is 4. The van der Waals surface area contributed by atoms with E-state index in [9.17, 15) is 4.79 Å². The van der Waals surface area contributed by atoms with Gasteiger partial charge < -0.3 is 14.4 Å². The topological polar surface area (TPSA) is 38.8 Å². The van der Waals surface area contributed by atoms with Gasteiger partial charge in [0.1, 0.15) is 5.75 Å². The molecule has 1 rings (SSSR count). The van der Waals surface area contributed by atoms with E-state index in [0.29, 0.717) is 13.0 Å². The van der Waals surface area contributed by atoms with Crippen LogP contribution in [0.3, 0.4) is 0 Å². The number of nitrogens with zero attached hydrogens (tertiary/aromatic N) is 1. The molecule has 0 saturated heterocycles. The van der Waals surface area contributed by atoms with E-state index in [1.807, 2.05) is 30.1 Å². The minimum absolute atomic E-state index is 0.204. The van der Waals surface area contributed by atoms with E-state index in [0.717, 1.165) is 15.9 Å². The van der Waals surface area contributed by atoms with Crippen LogP contribution in [0.1, 0.15) is 6.42 Å². The molecular formula is C12H16BrNO3. The molecular weight excluding hydrogens is 286 g/mol. The van der Waals surface area contributed by atoms with E-state index in [1.165, 1.54) is 7.11 Å². The van der Waals surface area contributed by atoms with E-state index in [1.54, 1.807) is 7.11 Å². The number of benzene rings is 1. The van der Waals surface area contributed by atoms with Gasteiger partial charge in [-0.05, 0) is 34.1 Å². The summed E-state index contributed by atoms with van der Waals surface area (Å²) in [6.07, 6.45) is 0.372. The van der Waals surface area contributed by atoms with E-state index < -0.39 is 0 Å². The van der Waals surface area contributed by atoms with Crippen molar-refractivity contribution >= 4 is 27.6 Å². The van der Waals surface area contributed by atoms with Crippen LogP contribution in [0.4, 0.5) is 5.69 Å². The van der Waals surface area contributed by atoms with E-state index in [4.69, 9.17) is 4.74 Å². The smallest absolute Gasteiger partial charge is 0.307 e. The van der Waals surface area contributed by atoms with E-state index >= 15 is 0 Å². The molecule has 1 aromatic rings. The highest BCUT2D eigenvalue weighted by Crippen LogP contribution is 2.29. The average Bonchev–Trinajstić information content (AvgIpc) is 2.35. The molecule has 0 spiro atoms. The Bertz CT molecular complexity index is 395. The van der Waals surface area contributed by atoms with Gasteiger partial charge in [0.15, 0.2) is 0 Å². The lowest BCUT2D eigenvalue weighted by Gasteiger charge is -2.19. The van der Waals surface area contributed by atoms with Crippen molar-refractivity contribution in [3.63, 3.8) is 0 Å². The van der Waals surface area contributed by atoms with Crippen molar-refractivity contribution in [1.29, 1.82) is 0 Å². The molecule has 0 heterocycles. The SMILES string of the molecule is COC(=O)CCN(C)c1ccc(OC)c(Br)c1. The largest absolute Gasteiger partial charge is 0.496 e. The number of carbonyl (C=O) groups excluding carboxylic acids is 1. The molecule has 0 fully saturated rings. The lowest BCUT2D eigenvalue weighted by molar-refractivity contribution is -0.140. The van der Waals surface area contributed by atoms with Gasteiger partial charge >= 0.3 is 5.97 Å². The maximum atomic E-state index is 11.0. The maximum Gasteiger partial charge on any atom is 0.307 e. The molecule has 0 unspecified atom stereocenters. The van der Waals surface area contributed by atoms with Crippen molar-refractivity contribution < 1.29 is 14.3 Å². The van der Waals surface area contributed by atoms with Crippen LogP contribution in [0.25, 0.3) is 0 Å². The number of carbonyl (C=O) groups is 1. The molecule has 1 aromatic carbocycles. The fourth-order valence-electron chi connectivity index (χ4n) is 1.38. The van der Waals surface area contributed by atoms with Gasteiger partial charge in [-0.25, -0.2) is 0 Å². The summed E-state index contributed by atoms with van der Waals surface area (Å²) >= 11 is 3.43. The van der Waals surface area contributed by atoms with Gasteiger partial charge in [-0.1, -0.05) is 0 Å². The maximum absolute atomic E-state index is 11.0. The molecule has 0 aliphatic heterocycles. The predicted octanol–water partition coefficient (Wildman–Crippen LogP) is 2.46. The molecule has 0 amide bonds. The Balaban J connectivity index is 2.66. The summed E-state index contributed by atoms with van der Waals surface area (Å²) in [6, 6.07) is 5.78. The summed E-state index contributed by atoms with van der Waals surface area (Å²) in [6.45, 7) is 0.617. The number of rotatable bonds is 5. The molecule has 4 nitrogen and oxygen atoms in total. The van der Waals surface area contributed by atoms with Crippen molar-refractivity contribution in [2.45, 2.75) is 6.42 Å². The molecule has 0 atom stereocenters. The minimum atomic E-state index is -0.204. The monoisotopic (exact) mass is 301 g/mol. The molecule has 0 N–H and O–H groups in total. The van der Waals surface area contributed by atoms with Gasteiger partial charge in [-0.2, -0.15) is 0 Å². The Morgan fingerprint density at radius 1 is 1.41 bits per heavy atom. The summed E-state index contributed by atoms with van der Waals surface area (Å²) in [4.78, 5) is 13.0. The fourth-order valence-corrected chi connectivity index (χ4v) is 1.91. The number of esters is 1. The molecule has 0 aliphatic rings. The van der Waals surface area contributed by atoms with Crippen molar-refractivity contribution in [2.75, 3.05) is 32.7 Å². The zero-order valence-electron chi connectivity index (χ0n) is 10.2. The number of anilines is 1. The first-order valence-electron chi connectivity index (χ1n) is 5.20. The number of hydrogen-bond donors (Lipinski definition) is 0. The lowest BCUT2D eigenvalue weighted by Crippen LogP contribution is -2.21. The molecule has 94 valence electrons. The highest BCUT2D eigenvalue weighted by molar-refractivity contribution is 9.10. The highest BCUT2D eigenvalue weighted by atomic mass is 79.9. The van der Waals surface area contributed by atoms with Gasteiger partial charge in [0.05, 0.1) is 25.1 Å². The van der Waals surface area contributed by atoms with E-state index in [2.05, 4.69) is 20.7 Å². The average molecular weight is 302 g/mol. The van der Waals surface area contributed by atoms with Crippen molar-refractivity contribution in [2.24, 2.45) is 0 Å². The predicted molar refractivity (Wildman–Crippen MR) is 70.6 cm³/mol. The molecule has 0 bridgehead atoms. The number of ether oxygens (including phenoxy) is 2. The van der Waals surface area contributed by atoms with Crippen LogP contribution in [0.5, 0.6) is 5.75 Å². The van der Waals surface area contributed by atoms with Crippen molar-refractivity contribution in [3.8, 4) is 5.75 Å². The van der Waals surface area contributed by atoms with Crippen LogP contribution in [0.2, 0.25) is 0 Å². The fraction of sp³-hybridized carbons (Fsp3) is 0.417. The normalized spacial score (nSPS) is 9.88. The zero-order valence-corrected chi connectivity index (χ0v) is 11.8. The molecule has 0 aliphatic carbocycles. The number of methoxy groups -OCH3 is 2. The van der Waals surface area contributed by atoms with Gasteiger partial charge in [-0.3, -0.25) is 4.79 Å². The lowest BCUT2D eigenvalue weighted by atomic mass is 10.2. The molecule has 0 saturated carbocycles. The standard InChI is InChI=1S/C12H16BrNO3/c1-14(7-6-12(15)17-3)9-4-5-11(16-2)10(13)8-9/h4-5,8H,6-7H2,1-3H3. The van der Waals surface area contributed by atoms with Crippen LogP contribution in [0, 0.1) is 0 Å². The summed E-state index contributed by atoms with van der Waals surface area (Å²) in [5.41, 5.74) is 1.02. The summed E-state index contributed by atoms with van der Waals surface area (Å²) in [5, 5.41) is 0. The Kier molecular flexibility index (Phi) is 5.28. The molecule has 0 aromatic heterocycles. The Morgan fingerprint density at radius 2 is 2.12 bits per heavy atom. The van der Waals surface area contributed by atoms with E-state index in [-0.39, 0.29) is 5.97 Å². The van der Waals surface area contributed by atoms with Gasteiger partial charge in [0.25, 0.3) is 0 Å². The quantitative estimate of drug-likeness (QED) is 0.783. The second kappa shape index (κ2) is 6.49. The van der Waals surface area contributed by atoms with Crippen LogP contribution in [-0.4, -0.2) is 33.8 Å². The van der Waals surface area contributed by atoms with Crippen molar-refractivity contribution in [1.82, 2.24) is 0 Å². The minimum Gasteiger partial charge on any atom is -0.496 e. The Labute approximate surface area is 110 Å². The first kappa shape index (κ1) is 13.8. The Hall–Kier alpha value is -1.23. The second-order valence-electron chi connectivity index (χ2n) is 3.57.